The minimum atomic E-state index is 0.874. The van der Waals surface area contributed by atoms with Crippen LogP contribution in [0.3, 0.4) is 0 Å². The predicted octanol–water partition coefficient (Wildman–Crippen LogP) is 12.7. The lowest BCUT2D eigenvalue weighted by Gasteiger charge is -2.11. The maximum atomic E-state index is 5.70. The van der Waals surface area contributed by atoms with Crippen LogP contribution in [-0.4, -0.2) is 14.1 Å². The van der Waals surface area contributed by atoms with E-state index in [4.69, 9.17) is 4.98 Å². The van der Waals surface area contributed by atoms with Gasteiger partial charge in [0, 0.05) is 27.2 Å². The molecular weight excluding hydrogens is 681 g/mol. The second-order valence-corrected chi connectivity index (χ2v) is 14.6. The molecule has 4 heteroatoms. The fourth-order valence-corrected chi connectivity index (χ4v) is 9.02. The van der Waals surface area contributed by atoms with Crippen LogP contribution in [0, 0.1) is 0 Å². The highest BCUT2D eigenvalue weighted by Gasteiger charge is 2.27. The number of fused-ring (bicyclic) bond motifs is 10. The number of hydrogen-bond acceptors (Lipinski definition) is 1. The summed E-state index contributed by atoms with van der Waals surface area (Å²) in [5.41, 5.74) is 10.2. The van der Waals surface area contributed by atoms with E-state index in [1.807, 2.05) is 0 Å². The SMILES string of the molecule is c1ccc(-c2ccc3c(c2)c2cc4ccccc4cc2n3-c2cc3cccc[n+]3c(-c3cccc4c5c6ccccc6ccc5n(-c5ccccc5)c34)n2)cc1. The molecule has 0 spiro atoms. The molecule has 0 unspecified atom stereocenters. The summed E-state index contributed by atoms with van der Waals surface area (Å²) in [4.78, 5) is 5.70. The van der Waals surface area contributed by atoms with Gasteiger partial charge in [0.25, 0.3) is 5.82 Å². The van der Waals surface area contributed by atoms with Crippen LogP contribution in [-0.2, 0) is 0 Å². The molecule has 0 saturated carbocycles. The van der Waals surface area contributed by atoms with Crippen molar-refractivity contribution in [1.29, 1.82) is 0 Å². The van der Waals surface area contributed by atoms with Crippen LogP contribution in [0.1, 0.15) is 0 Å². The first-order valence-electron chi connectivity index (χ1n) is 19.1. The van der Waals surface area contributed by atoms with Crippen molar-refractivity contribution in [1.82, 2.24) is 14.1 Å². The summed E-state index contributed by atoms with van der Waals surface area (Å²) in [5.74, 6) is 1.75. The molecule has 0 atom stereocenters. The lowest BCUT2D eigenvalue weighted by Crippen LogP contribution is -2.27. The second kappa shape index (κ2) is 12.0. The van der Waals surface area contributed by atoms with Crippen LogP contribution in [0.25, 0.3) is 105 Å². The molecule has 8 aromatic carbocycles. The summed E-state index contributed by atoms with van der Waals surface area (Å²) < 4.78 is 7.02. The van der Waals surface area contributed by atoms with Crippen molar-refractivity contribution in [2.24, 2.45) is 0 Å². The number of pyridine rings is 1. The van der Waals surface area contributed by atoms with Crippen molar-refractivity contribution >= 4 is 70.7 Å². The van der Waals surface area contributed by atoms with Gasteiger partial charge in [-0.2, -0.15) is 4.40 Å². The third-order valence-corrected chi connectivity index (χ3v) is 11.5. The first-order valence-corrected chi connectivity index (χ1v) is 19.1. The zero-order valence-corrected chi connectivity index (χ0v) is 30.3. The van der Waals surface area contributed by atoms with Gasteiger partial charge in [0.15, 0.2) is 0 Å². The number of para-hydroxylation sites is 2. The van der Waals surface area contributed by atoms with Crippen LogP contribution in [0.5, 0.6) is 0 Å². The van der Waals surface area contributed by atoms with E-state index in [1.54, 1.807) is 0 Å². The summed E-state index contributed by atoms with van der Waals surface area (Å²) in [5, 5.41) is 9.75. The van der Waals surface area contributed by atoms with Gasteiger partial charge >= 0.3 is 5.82 Å². The van der Waals surface area contributed by atoms with E-state index in [1.165, 1.54) is 59.7 Å². The lowest BCUT2D eigenvalue weighted by atomic mass is 10.0. The van der Waals surface area contributed by atoms with E-state index in [0.717, 1.165) is 45.0 Å². The number of hydrogen-bond donors (Lipinski definition) is 0. The van der Waals surface area contributed by atoms with Crippen molar-refractivity contribution in [2.45, 2.75) is 0 Å². The van der Waals surface area contributed by atoms with Crippen molar-refractivity contribution in [3.05, 3.63) is 200 Å². The molecule has 0 saturated heterocycles. The molecule has 56 heavy (non-hydrogen) atoms. The molecule has 0 bridgehead atoms. The first kappa shape index (κ1) is 30.9. The van der Waals surface area contributed by atoms with E-state index in [9.17, 15) is 0 Å². The summed E-state index contributed by atoms with van der Waals surface area (Å²) in [6.07, 6.45) is 2.14. The average Bonchev–Trinajstić information content (AvgIpc) is 3.78. The minimum absolute atomic E-state index is 0.874. The van der Waals surface area contributed by atoms with Crippen molar-refractivity contribution in [2.75, 3.05) is 0 Å². The van der Waals surface area contributed by atoms with Crippen LogP contribution < -0.4 is 4.40 Å². The minimum Gasteiger partial charge on any atom is -0.308 e. The van der Waals surface area contributed by atoms with Crippen molar-refractivity contribution in [3.63, 3.8) is 0 Å². The topological polar surface area (TPSA) is 26.9 Å². The Morgan fingerprint density at radius 2 is 1.11 bits per heavy atom. The summed E-state index contributed by atoms with van der Waals surface area (Å²) >= 11 is 0. The van der Waals surface area contributed by atoms with Crippen LogP contribution >= 0.6 is 0 Å². The Bertz CT molecular complexity index is 3520. The van der Waals surface area contributed by atoms with E-state index in [0.29, 0.717) is 0 Å². The molecule has 4 heterocycles. The van der Waals surface area contributed by atoms with Gasteiger partial charge in [0.2, 0.25) is 0 Å². The Labute approximate surface area is 322 Å². The van der Waals surface area contributed by atoms with Gasteiger partial charge in [0.05, 0.1) is 39.9 Å². The Kier molecular flexibility index (Phi) is 6.60. The molecule has 260 valence electrons. The summed E-state index contributed by atoms with van der Waals surface area (Å²) in [6.45, 7) is 0. The average molecular weight is 714 g/mol. The third-order valence-electron chi connectivity index (χ3n) is 11.5. The van der Waals surface area contributed by atoms with Gasteiger partial charge in [-0.3, -0.25) is 4.57 Å². The monoisotopic (exact) mass is 713 g/mol. The molecule has 0 aliphatic rings. The fraction of sp³-hybridized carbons (Fsp3) is 0. The molecule has 0 N–H and O–H groups in total. The molecule has 0 aliphatic carbocycles. The molecule has 12 aromatic rings. The van der Waals surface area contributed by atoms with E-state index < -0.39 is 0 Å². The molecule has 0 radical (unpaired) electrons. The molecule has 4 aromatic heterocycles. The molecular formula is C52H33N4+. The van der Waals surface area contributed by atoms with Gasteiger partial charge in [-0.05, 0) is 98.3 Å². The highest BCUT2D eigenvalue weighted by Crippen LogP contribution is 2.41. The van der Waals surface area contributed by atoms with Gasteiger partial charge in [0.1, 0.15) is 5.52 Å². The van der Waals surface area contributed by atoms with Crippen molar-refractivity contribution in [3.8, 4) is 34.0 Å². The maximum absolute atomic E-state index is 5.70. The van der Waals surface area contributed by atoms with Gasteiger partial charge in [-0.1, -0.05) is 127 Å². The molecule has 4 nitrogen and oxygen atoms in total. The van der Waals surface area contributed by atoms with E-state index in [-0.39, 0.29) is 0 Å². The third kappa shape index (κ3) is 4.53. The molecule has 0 aliphatic heterocycles. The number of benzene rings is 8. The standard InChI is InChI=1S/C52H33N4/c1-3-14-34(15-4-1)38-26-27-46-44(31-38)45-30-36-17-7-8-18-37(36)32-48(45)56(46)49-33-40-21-11-12-29-54(40)52(53-49)43-24-13-23-42-50-41-22-10-9-16-35(41)25-28-47(50)55(51(42)43)39-19-5-2-6-20-39/h1-33H/q+1. The maximum Gasteiger partial charge on any atom is 0.340 e. The molecule has 0 amide bonds. The summed E-state index contributed by atoms with van der Waals surface area (Å²) in [6, 6.07) is 70.1. The first-order chi connectivity index (χ1) is 27.8. The fourth-order valence-electron chi connectivity index (χ4n) is 9.02. The van der Waals surface area contributed by atoms with E-state index >= 15 is 0 Å². The predicted molar refractivity (Wildman–Crippen MR) is 232 cm³/mol. The normalized spacial score (nSPS) is 11.9. The second-order valence-electron chi connectivity index (χ2n) is 14.6. The van der Waals surface area contributed by atoms with Crippen LogP contribution in [0.4, 0.5) is 0 Å². The smallest absolute Gasteiger partial charge is 0.308 e. The molecule has 0 fully saturated rings. The Morgan fingerprint density at radius 3 is 1.96 bits per heavy atom. The van der Waals surface area contributed by atoms with Gasteiger partial charge in [-0.15, -0.1) is 0 Å². The Hall–Kier alpha value is -7.56. The zero-order chi connectivity index (χ0) is 36.7. The highest BCUT2D eigenvalue weighted by atomic mass is 15.1. The van der Waals surface area contributed by atoms with Crippen molar-refractivity contribution < 1.29 is 4.40 Å². The lowest BCUT2D eigenvalue weighted by molar-refractivity contribution is -0.502. The summed E-state index contributed by atoms with van der Waals surface area (Å²) in [7, 11) is 0. The largest absolute Gasteiger partial charge is 0.340 e. The van der Waals surface area contributed by atoms with Crippen LogP contribution in [0.15, 0.2) is 200 Å². The number of aromatic nitrogens is 4. The van der Waals surface area contributed by atoms with Crippen LogP contribution in [0.2, 0.25) is 0 Å². The number of nitrogens with zero attached hydrogens (tertiary/aromatic N) is 4. The van der Waals surface area contributed by atoms with Gasteiger partial charge in [-0.25, -0.2) is 0 Å². The molecule has 12 rings (SSSR count). The zero-order valence-electron chi connectivity index (χ0n) is 30.3. The number of rotatable bonds is 4. The Morgan fingerprint density at radius 1 is 0.411 bits per heavy atom. The van der Waals surface area contributed by atoms with E-state index in [2.05, 4.69) is 214 Å². The Balaban J connectivity index is 1.20. The quantitative estimate of drug-likeness (QED) is 0.167. The highest BCUT2D eigenvalue weighted by molar-refractivity contribution is 6.23. The van der Waals surface area contributed by atoms with Gasteiger partial charge < -0.3 is 4.57 Å².